The van der Waals surface area contributed by atoms with Gasteiger partial charge < -0.3 is 10.1 Å². The van der Waals surface area contributed by atoms with Crippen LogP contribution in [0.5, 0.6) is 0 Å². The Morgan fingerprint density at radius 2 is 2.15 bits per heavy atom. The minimum absolute atomic E-state index is 0.0448. The smallest absolute Gasteiger partial charge is 0.326 e. The number of nitrogens with one attached hydrogen (secondary N) is 1. The van der Waals surface area contributed by atoms with Crippen LogP contribution in [0.4, 0.5) is 0 Å². The normalized spacial score (nSPS) is 41.4. The molecule has 1 N–H and O–H groups in total. The third-order valence-electron chi connectivity index (χ3n) is 3.57. The van der Waals surface area contributed by atoms with Crippen molar-refractivity contribution >= 4 is 5.97 Å². The topological polar surface area (TPSA) is 38.3 Å². The van der Waals surface area contributed by atoms with E-state index in [9.17, 15) is 4.79 Å². The van der Waals surface area contributed by atoms with E-state index in [0.717, 1.165) is 19.4 Å². The summed E-state index contributed by atoms with van der Waals surface area (Å²) in [5.74, 6) is -0.0448. The van der Waals surface area contributed by atoms with E-state index in [1.54, 1.807) is 0 Å². The number of rotatable bonds is 3. The molecule has 3 aliphatic rings. The summed E-state index contributed by atoms with van der Waals surface area (Å²) < 4.78 is 5.05. The Bertz CT molecular complexity index is 231. The molecule has 0 aromatic carbocycles. The summed E-state index contributed by atoms with van der Waals surface area (Å²) in [6.45, 7) is 5.53. The van der Waals surface area contributed by atoms with Gasteiger partial charge in [-0.05, 0) is 31.6 Å². The molecule has 1 aliphatic carbocycles. The number of fused-ring (bicyclic) bond motifs is 1. The van der Waals surface area contributed by atoms with E-state index in [2.05, 4.69) is 12.2 Å². The Hall–Kier alpha value is -0.570. The first-order chi connectivity index (χ1) is 6.16. The molecule has 2 aliphatic heterocycles. The van der Waals surface area contributed by atoms with Crippen molar-refractivity contribution in [2.24, 2.45) is 5.41 Å². The third kappa shape index (κ3) is 1.10. The number of esters is 1. The van der Waals surface area contributed by atoms with Crippen molar-refractivity contribution in [1.82, 2.24) is 5.32 Å². The molecule has 3 fully saturated rings. The van der Waals surface area contributed by atoms with Crippen LogP contribution < -0.4 is 5.32 Å². The highest BCUT2D eigenvalue weighted by Gasteiger charge is 2.64. The monoisotopic (exact) mass is 183 g/mol. The lowest BCUT2D eigenvalue weighted by molar-refractivity contribution is -0.155. The zero-order chi connectivity index (χ0) is 9.53. The predicted molar refractivity (Wildman–Crippen MR) is 49.3 cm³/mol. The maximum Gasteiger partial charge on any atom is 0.326 e. The summed E-state index contributed by atoms with van der Waals surface area (Å²) in [5.41, 5.74) is 0.110. The van der Waals surface area contributed by atoms with Gasteiger partial charge in [0.15, 0.2) is 0 Å². The van der Waals surface area contributed by atoms with Crippen LogP contribution >= 0.6 is 0 Å². The molecule has 0 amide bonds. The number of hydrogen-bond acceptors (Lipinski definition) is 3. The highest BCUT2D eigenvalue weighted by molar-refractivity contribution is 5.83. The first-order valence-electron chi connectivity index (χ1n) is 5.09. The van der Waals surface area contributed by atoms with Crippen LogP contribution in [0.3, 0.4) is 0 Å². The Labute approximate surface area is 78.8 Å². The van der Waals surface area contributed by atoms with E-state index in [-0.39, 0.29) is 11.5 Å². The second kappa shape index (κ2) is 2.71. The predicted octanol–water partition coefficient (Wildman–Crippen LogP) is 1.08. The van der Waals surface area contributed by atoms with E-state index in [1.807, 2.05) is 6.92 Å². The molecule has 3 heteroatoms. The Kier molecular flexibility index (Phi) is 1.88. The van der Waals surface area contributed by atoms with Gasteiger partial charge in [-0.25, -0.2) is 0 Å². The molecule has 2 bridgehead atoms. The van der Waals surface area contributed by atoms with E-state index in [4.69, 9.17) is 4.74 Å². The Morgan fingerprint density at radius 3 is 2.62 bits per heavy atom. The molecule has 0 spiro atoms. The Morgan fingerprint density at radius 1 is 1.46 bits per heavy atom. The second-order valence-electron chi connectivity index (χ2n) is 4.36. The summed E-state index contributed by atoms with van der Waals surface area (Å²) in [6.07, 6.45) is 3.13. The lowest BCUT2D eigenvalue weighted by atomic mass is 9.61. The number of carbonyl (C=O) groups is 1. The molecule has 0 unspecified atom stereocenters. The first kappa shape index (κ1) is 9.00. The van der Waals surface area contributed by atoms with Gasteiger partial charge in [0.1, 0.15) is 5.54 Å². The number of ether oxygens (including phenoxy) is 1. The van der Waals surface area contributed by atoms with Gasteiger partial charge in [0.05, 0.1) is 6.61 Å². The van der Waals surface area contributed by atoms with Gasteiger partial charge >= 0.3 is 5.97 Å². The molecule has 2 saturated heterocycles. The summed E-state index contributed by atoms with van der Waals surface area (Å²) in [5, 5.41) is 3.31. The minimum Gasteiger partial charge on any atom is -0.465 e. The van der Waals surface area contributed by atoms with Crippen molar-refractivity contribution in [2.75, 3.05) is 13.2 Å². The van der Waals surface area contributed by atoms with Gasteiger partial charge in [0.25, 0.3) is 0 Å². The third-order valence-corrected chi connectivity index (χ3v) is 3.57. The molecule has 0 aromatic rings. The lowest BCUT2D eigenvalue weighted by Gasteiger charge is -2.43. The quantitative estimate of drug-likeness (QED) is 0.665. The van der Waals surface area contributed by atoms with Gasteiger partial charge in [-0.2, -0.15) is 0 Å². The average Bonchev–Trinajstić information content (AvgIpc) is 2.59. The summed E-state index contributed by atoms with van der Waals surface area (Å²) in [4.78, 5) is 11.6. The van der Waals surface area contributed by atoms with Crippen LogP contribution in [-0.2, 0) is 9.53 Å². The summed E-state index contributed by atoms with van der Waals surface area (Å²) in [7, 11) is 0. The van der Waals surface area contributed by atoms with Crippen molar-refractivity contribution < 1.29 is 9.53 Å². The van der Waals surface area contributed by atoms with Gasteiger partial charge in [-0.3, -0.25) is 4.79 Å². The maximum absolute atomic E-state index is 11.6. The van der Waals surface area contributed by atoms with E-state index >= 15 is 0 Å². The molecule has 0 atom stereocenters. The number of carbonyl (C=O) groups excluding carboxylic acids is 1. The van der Waals surface area contributed by atoms with Crippen molar-refractivity contribution in [1.29, 1.82) is 0 Å². The molecule has 13 heavy (non-hydrogen) atoms. The molecular formula is C10H17NO2. The summed E-state index contributed by atoms with van der Waals surface area (Å²) in [6, 6.07) is 0. The van der Waals surface area contributed by atoms with Crippen LogP contribution in [0.1, 0.15) is 33.1 Å². The Balaban J connectivity index is 2.01. The molecule has 74 valence electrons. The zero-order valence-corrected chi connectivity index (χ0v) is 8.35. The van der Waals surface area contributed by atoms with Gasteiger partial charge in [0, 0.05) is 6.54 Å². The minimum atomic E-state index is -0.300. The molecule has 2 heterocycles. The fraction of sp³-hybridized carbons (Fsp3) is 0.900. The summed E-state index contributed by atoms with van der Waals surface area (Å²) >= 11 is 0. The molecule has 3 rings (SSSR count). The first-order valence-corrected chi connectivity index (χ1v) is 5.09. The highest BCUT2D eigenvalue weighted by Crippen LogP contribution is 2.56. The standard InChI is InChI=1S/C10H17NO2/c1-3-9-5-10(6-9,11-7-9)8(12)13-4-2/h11H,3-7H2,1-2H3. The fourth-order valence-corrected chi connectivity index (χ4v) is 2.70. The van der Waals surface area contributed by atoms with Gasteiger partial charge in [0.2, 0.25) is 0 Å². The second-order valence-corrected chi connectivity index (χ2v) is 4.36. The van der Waals surface area contributed by atoms with Crippen LogP contribution in [0.2, 0.25) is 0 Å². The lowest BCUT2D eigenvalue weighted by Crippen LogP contribution is -2.54. The zero-order valence-electron chi connectivity index (χ0n) is 8.35. The van der Waals surface area contributed by atoms with Crippen LogP contribution in [0, 0.1) is 5.41 Å². The average molecular weight is 183 g/mol. The highest BCUT2D eigenvalue weighted by atomic mass is 16.5. The van der Waals surface area contributed by atoms with Gasteiger partial charge in [-0.1, -0.05) is 6.92 Å². The molecule has 0 aromatic heterocycles. The van der Waals surface area contributed by atoms with Crippen molar-refractivity contribution in [2.45, 2.75) is 38.6 Å². The van der Waals surface area contributed by atoms with E-state index in [0.29, 0.717) is 12.0 Å². The maximum atomic E-state index is 11.6. The van der Waals surface area contributed by atoms with Crippen LogP contribution in [0.25, 0.3) is 0 Å². The van der Waals surface area contributed by atoms with E-state index < -0.39 is 0 Å². The largest absolute Gasteiger partial charge is 0.465 e. The fourth-order valence-electron chi connectivity index (χ4n) is 2.70. The van der Waals surface area contributed by atoms with Crippen LogP contribution in [0.15, 0.2) is 0 Å². The molecular weight excluding hydrogens is 166 g/mol. The SMILES string of the molecule is CCOC(=O)C12CC(CC)(CN1)C2. The van der Waals surface area contributed by atoms with Crippen molar-refractivity contribution in [3.05, 3.63) is 0 Å². The molecule has 0 radical (unpaired) electrons. The van der Waals surface area contributed by atoms with E-state index in [1.165, 1.54) is 6.42 Å². The van der Waals surface area contributed by atoms with Crippen molar-refractivity contribution in [3.63, 3.8) is 0 Å². The van der Waals surface area contributed by atoms with Crippen LogP contribution in [-0.4, -0.2) is 24.7 Å². The molecule has 1 saturated carbocycles. The number of hydrogen-bond donors (Lipinski definition) is 1. The molecule has 3 nitrogen and oxygen atoms in total. The van der Waals surface area contributed by atoms with Crippen molar-refractivity contribution in [3.8, 4) is 0 Å². The van der Waals surface area contributed by atoms with Gasteiger partial charge in [-0.15, -0.1) is 0 Å².